The van der Waals surface area contributed by atoms with Crippen LogP contribution >= 0.6 is 0 Å². The maximum atomic E-state index is 13.7. The molecule has 42 heavy (non-hydrogen) atoms. The number of rotatable bonds is 9. The van der Waals surface area contributed by atoms with Crippen molar-refractivity contribution in [3.63, 3.8) is 0 Å². The zero-order valence-corrected chi connectivity index (χ0v) is 23.6. The molecule has 0 bridgehead atoms. The third-order valence-electron chi connectivity index (χ3n) is 7.01. The van der Waals surface area contributed by atoms with E-state index in [0.29, 0.717) is 17.7 Å². The zero-order valence-electron chi connectivity index (χ0n) is 23.6. The number of anilines is 1. The average Bonchev–Trinajstić information content (AvgIpc) is 3.00. The second kappa shape index (κ2) is 13.0. The summed E-state index contributed by atoms with van der Waals surface area (Å²) in [4.78, 5) is 40.8. The van der Waals surface area contributed by atoms with Crippen molar-refractivity contribution in [2.75, 3.05) is 5.32 Å². The van der Waals surface area contributed by atoms with Gasteiger partial charge in [-0.05, 0) is 52.3 Å². The first-order chi connectivity index (χ1) is 20.4. The Morgan fingerprint density at radius 1 is 0.690 bits per heavy atom. The van der Waals surface area contributed by atoms with Crippen LogP contribution in [0.4, 0.5) is 5.69 Å². The Morgan fingerprint density at radius 2 is 1.29 bits per heavy atom. The molecule has 0 fully saturated rings. The number of carbonyl (C=O) groups is 3. The molecule has 6 heteroatoms. The van der Waals surface area contributed by atoms with Crippen molar-refractivity contribution in [1.82, 2.24) is 10.6 Å². The van der Waals surface area contributed by atoms with Crippen LogP contribution in [-0.2, 0) is 9.59 Å². The van der Waals surface area contributed by atoms with Gasteiger partial charge in [0.05, 0.1) is 0 Å². The van der Waals surface area contributed by atoms with Gasteiger partial charge in [-0.25, -0.2) is 0 Å². The molecule has 0 heterocycles. The summed E-state index contributed by atoms with van der Waals surface area (Å²) in [6.07, 6.45) is 2.03. The Balaban J connectivity index is 1.42. The Bertz CT molecular complexity index is 1770. The quantitative estimate of drug-likeness (QED) is 0.172. The highest BCUT2D eigenvalue weighted by Crippen LogP contribution is 2.24. The van der Waals surface area contributed by atoms with Gasteiger partial charge >= 0.3 is 0 Å². The van der Waals surface area contributed by atoms with E-state index in [1.807, 2.05) is 123 Å². The van der Waals surface area contributed by atoms with Crippen molar-refractivity contribution in [2.45, 2.75) is 26.3 Å². The SMILES string of the molecule is CC(C)C[C@H](NC(=O)c1cccc2ccccc12)C(=O)N/C(=C\c1ccccc1)C(=O)Nc1cccc2ccccc12. The molecule has 0 saturated carbocycles. The predicted octanol–water partition coefficient (Wildman–Crippen LogP) is 6.93. The fourth-order valence-corrected chi connectivity index (χ4v) is 4.98. The molecule has 0 aliphatic rings. The topological polar surface area (TPSA) is 87.3 Å². The van der Waals surface area contributed by atoms with Crippen molar-refractivity contribution < 1.29 is 14.4 Å². The Kier molecular flexibility index (Phi) is 8.73. The van der Waals surface area contributed by atoms with Crippen LogP contribution in [0.25, 0.3) is 27.6 Å². The van der Waals surface area contributed by atoms with E-state index in [1.165, 1.54) is 0 Å². The van der Waals surface area contributed by atoms with Gasteiger partial charge in [-0.15, -0.1) is 0 Å². The fraction of sp³-hybridized carbons (Fsp3) is 0.139. The van der Waals surface area contributed by atoms with Gasteiger partial charge in [0, 0.05) is 16.6 Å². The van der Waals surface area contributed by atoms with Gasteiger partial charge in [0.25, 0.3) is 11.8 Å². The molecule has 3 N–H and O–H groups in total. The van der Waals surface area contributed by atoms with Crippen LogP contribution in [0.1, 0.15) is 36.2 Å². The number of hydrogen-bond acceptors (Lipinski definition) is 3. The van der Waals surface area contributed by atoms with Gasteiger partial charge in [0.1, 0.15) is 11.7 Å². The van der Waals surface area contributed by atoms with Crippen molar-refractivity contribution in [1.29, 1.82) is 0 Å². The highest BCUT2D eigenvalue weighted by molar-refractivity contribution is 6.13. The van der Waals surface area contributed by atoms with Crippen LogP contribution in [0.2, 0.25) is 0 Å². The predicted molar refractivity (Wildman–Crippen MR) is 170 cm³/mol. The van der Waals surface area contributed by atoms with E-state index in [0.717, 1.165) is 27.1 Å². The van der Waals surface area contributed by atoms with Crippen LogP contribution in [0.3, 0.4) is 0 Å². The van der Waals surface area contributed by atoms with Gasteiger partial charge < -0.3 is 16.0 Å². The summed E-state index contributed by atoms with van der Waals surface area (Å²) in [5.41, 5.74) is 1.95. The molecule has 0 radical (unpaired) electrons. The van der Waals surface area contributed by atoms with Gasteiger partial charge in [-0.2, -0.15) is 0 Å². The lowest BCUT2D eigenvalue weighted by Gasteiger charge is -2.21. The normalized spacial score (nSPS) is 12.2. The maximum Gasteiger partial charge on any atom is 0.272 e. The second-order valence-corrected chi connectivity index (χ2v) is 10.6. The molecule has 3 amide bonds. The minimum atomic E-state index is -0.860. The van der Waals surface area contributed by atoms with Crippen LogP contribution in [0.5, 0.6) is 0 Å². The Morgan fingerprint density at radius 3 is 2.00 bits per heavy atom. The molecule has 0 aliphatic carbocycles. The largest absolute Gasteiger partial charge is 0.340 e. The lowest BCUT2D eigenvalue weighted by atomic mass is 10.0. The molecule has 6 nitrogen and oxygen atoms in total. The number of carbonyl (C=O) groups excluding carboxylic acids is 3. The molecule has 5 aromatic rings. The lowest BCUT2D eigenvalue weighted by Crippen LogP contribution is -2.48. The number of fused-ring (bicyclic) bond motifs is 2. The van der Waals surface area contributed by atoms with E-state index in [9.17, 15) is 14.4 Å². The Labute approximate surface area is 245 Å². The summed E-state index contributed by atoms with van der Waals surface area (Å²) in [6, 6.07) is 35.0. The van der Waals surface area contributed by atoms with E-state index in [-0.39, 0.29) is 17.5 Å². The molecular formula is C36H33N3O3. The van der Waals surface area contributed by atoms with Crippen molar-refractivity contribution in [2.24, 2.45) is 5.92 Å². The van der Waals surface area contributed by atoms with Crippen LogP contribution in [0.15, 0.2) is 121 Å². The van der Waals surface area contributed by atoms with Crippen LogP contribution in [0, 0.1) is 5.92 Å². The van der Waals surface area contributed by atoms with E-state index in [1.54, 1.807) is 12.1 Å². The van der Waals surface area contributed by atoms with Crippen LogP contribution in [-0.4, -0.2) is 23.8 Å². The molecular weight excluding hydrogens is 522 g/mol. The summed E-state index contributed by atoms with van der Waals surface area (Å²) in [5.74, 6) is -1.17. The molecule has 5 aromatic carbocycles. The summed E-state index contributed by atoms with van der Waals surface area (Å²) in [6.45, 7) is 3.97. The zero-order chi connectivity index (χ0) is 29.5. The van der Waals surface area contributed by atoms with Gasteiger partial charge in [0.2, 0.25) is 5.91 Å². The molecule has 1 atom stereocenters. The smallest absolute Gasteiger partial charge is 0.272 e. The van der Waals surface area contributed by atoms with E-state index >= 15 is 0 Å². The van der Waals surface area contributed by atoms with Gasteiger partial charge in [-0.3, -0.25) is 14.4 Å². The molecule has 0 unspecified atom stereocenters. The van der Waals surface area contributed by atoms with E-state index < -0.39 is 17.9 Å². The molecule has 0 spiro atoms. The summed E-state index contributed by atoms with van der Waals surface area (Å²) in [5, 5.41) is 12.3. The summed E-state index contributed by atoms with van der Waals surface area (Å²) >= 11 is 0. The minimum absolute atomic E-state index is 0.0762. The highest BCUT2D eigenvalue weighted by Gasteiger charge is 2.26. The first-order valence-electron chi connectivity index (χ1n) is 14.0. The molecule has 0 saturated heterocycles. The number of benzene rings is 5. The third-order valence-corrected chi connectivity index (χ3v) is 7.01. The van der Waals surface area contributed by atoms with E-state index in [4.69, 9.17) is 0 Å². The number of amides is 3. The lowest BCUT2D eigenvalue weighted by molar-refractivity contribution is -0.124. The highest BCUT2D eigenvalue weighted by atomic mass is 16.2. The first kappa shape index (κ1) is 28.3. The van der Waals surface area contributed by atoms with Gasteiger partial charge in [-0.1, -0.05) is 117 Å². The second-order valence-electron chi connectivity index (χ2n) is 10.6. The first-order valence-corrected chi connectivity index (χ1v) is 14.0. The molecule has 5 rings (SSSR count). The Hall–Kier alpha value is -5.23. The van der Waals surface area contributed by atoms with Crippen LogP contribution < -0.4 is 16.0 Å². The minimum Gasteiger partial charge on any atom is -0.340 e. The van der Waals surface area contributed by atoms with Crippen molar-refractivity contribution in [3.05, 3.63) is 132 Å². The summed E-state index contributed by atoms with van der Waals surface area (Å²) < 4.78 is 0. The molecule has 210 valence electrons. The number of hydrogen-bond donors (Lipinski definition) is 3. The molecule has 0 aliphatic heterocycles. The maximum absolute atomic E-state index is 13.7. The summed E-state index contributed by atoms with van der Waals surface area (Å²) in [7, 11) is 0. The monoisotopic (exact) mass is 555 g/mol. The third kappa shape index (κ3) is 6.73. The standard InChI is InChI=1S/C36H33N3O3/c1-24(2)22-32(38-34(40)30-20-10-16-26-14-6-8-18-28(26)30)35(41)39-33(23-25-12-4-3-5-13-25)36(42)37-31-21-11-17-27-15-7-9-19-29(27)31/h3-21,23-24,32H,22H2,1-2H3,(H,37,42)(H,38,40)(H,39,41)/b33-23-/t32-/m0/s1. The average molecular weight is 556 g/mol. The van der Waals surface area contributed by atoms with Gasteiger partial charge in [0.15, 0.2) is 0 Å². The molecule has 0 aromatic heterocycles. The van der Waals surface area contributed by atoms with Crippen molar-refractivity contribution in [3.8, 4) is 0 Å². The fourth-order valence-electron chi connectivity index (χ4n) is 4.98. The van der Waals surface area contributed by atoms with Crippen molar-refractivity contribution >= 4 is 51.0 Å². The van der Waals surface area contributed by atoms with E-state index in [2.05, 4.69) is 16.0 Å². The number of nitrogens with one attached hydrogen (secondary N) is 3.